The average Bonchev–Trinajstić information content (AvgIpc) is 2.45. The molecule has 0 rings (SSSR count). The number of rotatable bonds is 11. The molecule has 0 aromatic rings. The molecule has 1 amide bonds. The van der Waals surface area contributed by atoms with Crippen LogP contribution in [0.25, 0.3) is 0 Å². The number of hydrogen-bond acceptors (Lipinski definition) is 3. The van der Waals surface area contributed by atoms with Crippen LogP contribution in [-0.4, -0.2) is 53.5 Å². The van der Waals surface area contributed by atoms with Gasteiger partial charge in [-0.05, 0) is 6.42 Å². The van der Waals surface area contributed by atoms with Crippen molar-refractivity contribution < 1.29 is 14.4 Å². The summed E-state index contributed by atoms with van der Waals surface area (Å²) in [5.74, 6) is -0.484. The first-order valence-electron chi connectivity index (χ1n) is 8.09. The van der Waals surface area contributed by atoms with Crippen LogP contribution in [0.15, 0.2) is 0 Å². The van der Waals surface area contributed by atoms with Crippen molar-refractivity contribution in [2.24, 2.45) is 0 Å². The summed E-state index contributed by atoms with van der Waals surface area (Å²) in [6.45, 7) is 3.94. The molecule has 0 radical (unpaired) electrons. The molecule has 0 aromatic carbocycles. The molecule has 21 heavy (non-hydrogen) atoms. The quantitative estimate of drug-likeness (QED) is 0.333. The van der Waals surface area contributed by atoms with E-state index in [4.69, 9.17) is 4.84 Å². The van der Waals surface area contributed by atoms with Gasteiger partial charge >= 0.3 is 35.5 Å². The Bertz CT molecular complexity index is 272. The fourth-order valence-corrected chi connectivity index (χ4v) is 2.01. The molecule has 5 heteroatoms. The van der Waals surface area contributed by atoms with E-state index >= 15 is 0 Å². The molecule has 0 spiro atoms. The van der Waals surface area contributed by atoms with Crippen molar-refractivity contribution in [1.29, 1.82) is 0 Å². The van der Waals surface area contributed by atoms with Gasteiger partial charge in [0, 0.05) is 19.9 Å². The van der Waals surface area contributed by atoms with Crippen LogP contribution in [0.1, 0.15) is 84.5 Å². The number of unbranched alkanes of at least 4 members (excludes halogenated alkanes) is 8. The third-order valence-electron chi connectivity index (χ3n) is 3.37. The van der Waals surface area contributed by atoms with Gasteiger partial charge in [-0.2, -0.15) is 5.06 Å². The van der Waals surface area contributed by atoms with Crippen LogP contribution in [0, 0.1) is 0 Å². The summed E-state index contributed by atoms with van der Waals surface area (Å²) in [5.41, 5.74) is 0. The van der Waals surface area contributed by atoms with Gasteiger partial charge in [0.15, 0.2) is 0 Å². The number of nitrogens with zero attached hydrogens (tertiary/aromatic N) is 1. The van der Waals surface area contributed by atoms with E-state index in [2.05, 4.69) is 6.92 Å². The Morgan fingerprint density at radius 2 is 1.33 bits per heavy atom. The zero-order valence-corrected chi connectivity index (χ0v) is 13.5. The molecule has 0 heterocycles. The normalized spacial score (nSPS) is 9.86. The molecule has 0 saturated heterocycles. The van der Waals surface area contributed by atoms with Gasteiger partial charge in [0.05, 0.1) is 0 Å². The van der Waals surface area contributed by atoms with Gasteiger partial charge in [-0.1, -0.05) is 65.2 Å². The Labute approximate surface area is 152 Å². The SMILES string of the molecule is CCCCCCCCCCCC(=O)N(C)OC(=O)CC.[NaH]. The second-order valence-corrected chi connectivity index (χ2v) is 5.29. The summed E-state index contributed by atoms with van der Waals surface area (Å²) >= 11 is 0. The van der Waals surface area contributed by atoms with Crippen molar-refractivity contribution in [1.82, 2.24) is 5.06 Å². The van der Waals surface area contributed by atoms with Crippen LogP contribution >= 0.6 is 0 Å². The third kappa shape index (κ3) is 14.6. The number of carbonyl (C=O) groups is 2. The van der Waals surface area contributed by atoms with Gasteiger partial charge in [0.2, 0.25) is 0 Å². The molecular weight excluding hydrogens is 277 g/mol. The minimum atomic E-state index is -0.368. The van der Waals surface area contributed by atoms with Gasteiger partial charge in [0.1, 0.15) is 0 Å². The Kier molecular flexibility index (Phi) is 18.0. The number of hydrogen-bond donors (Lipinski definition) is 0. The Morgan fingerprint density at radius 1 is 0.857 bits per heavy atom. The van der Waals surface area contributed by atoms with Crippen molar-refractivity contribution in [3.05, 3.63) is 0 Å². The summed E-state index contributed by atoms with van der Waals surface area (Å²) in [6, 6.07) is 0. The fourth-order valence-electron chi connectivity index (χ4n) is 2.01. The van der Waals surface area contributed by atoms with Crippen molar-refractivity contribution in [2.45, 2.75) is 84.5 Å². The zero-order valence-electron chi connectivity index (χ0n) is 13.5. The second kappa shape index (κ2) is 16.3. The van der Waals surface area contributed by atoms with E-state index < -0.39 is 0 Å². The maximum absolute atomic E-state index is 11.7. The third-order valence-corrected chi connectivity index (χ3v) is 3.37. The average molecular weight is 309 g/mol. The molecular formula is C16H32NNaO3. The number of carbonyl (C=O) groups excluding carboxylic acids is 2. The van der Waals surface area contributed by atoms with Crippen molar-refractivity contribution in [3.63, 3.8) is 0 Å². The van der Waals surface area contributed by atoms with E-state index in [9.17, 15) is 9.59 Å². The van der Waals surface area contributed by atoms with Crippen LogP contribution in [0.5, 0.6) is 0 Å². The summed E-state index contributed by atoms with van der Waals surface area (Å²) in [7, 11) is 1.50. The molecule has 0 N–H and O–H groups in total. The molecule has 0 unspecified atom stereocenters. The molecule has 0 fully saturated rings. The van der Waals surface area contributed by atoms with E-state index in [-0.39, 0.29) is 47.9 Å². The van der Waals surface area contributed by atoms with E-state index in [1.807, 2.05) is 0 Å². The van der Waals surface area contributed by atoms with Crippen LogP contribution in [0.3, 0.4) is 0 Å². The molecule has 0 bridgehead atoms. The topological polar surface area (TPSA) is 46.6 Å². The van der Waals surface area contributed by atoms with Crippen LogP contribution < -0.4 is 0 Å². The first-order chi connectivity index (χ1) is 9.61. The molecule has 0 saturated carbocycles. The Balaban J connectivity index is 0. The van der Waals surface area contributed by atoms with E-state index in [1.165, 1.54) is 52.0 Å². The number of amides is 1. The van der Waals surface area contributed by atoms with E-state index in [0.717, 1.165) is 17.9 Å². The van der Waals surface area contributed by atoms with Crippen LogP contribution in [0.4, 0.5) is 0 Å². The molecule has 0 aliphatic rings. The van der Waals surface area contributed by atoms with Crippen molar-refractivity contribution in [3.8, 4) is 0 Å². The first kappa shape index (κ1) is 23.2. The fraction of sp³-hybridized carbons (Fsp3) is 0.875. The molecule has 0 aliphatic carbocycles. The van der Waals surface area contributed by atoms with Gasteiger partial charge in [0.25, 0.3) is 5.91 Å². The molecule has 0 atom stereocenters. The predicted octanol–water partition coefficient (Wildman–Crippen LogP) is 3.59. The zero-order chi connectivity index (χ0) is 15.2. The first-order valence-corrected chi connectivity index (χ1v) is 8.09. The van der Waals surface area contributed by atoms with Gasteiger partial charge in [-0.25, -0.2) is 4.79 Å². The predicted molar refractivity (Wildman–Crippen MR) is 88.1 cm³/mol. The van der Waals surface area contributed by atoms with Crippen molar-refractivity contribution >= 4 is 41.4 Å². The van der Waals surface area contributed by atoms with E-state index in [0.29, 0.717) is 6.42 Å². The van der Waals surface area contributed by atoms with Crippen LogP contribution in [0.2, 0.25) is 0 Å². The van der Waals surface area contributed by atoms with E-state index in [1.54, 1.807) is 6.92 Å². The molecule has 4 nitrogen and oxygen atoms in total. The number of hydroxylamine groups is 2. The monoisotopic (exact) mass is 309 g/mol. The van der Waals surface area contributed by atoms with Gasteiger partial charge in [-0.3, -0.25) is 4.79 Å². The summed E-state index contributed by atoms with van der Waals surface area (Å²) < 4.78 is 0. The Morgan fingerprint density at radius 3 is 1.81 bits per heavy atom. The summed E-state index contributed by atoms with van der Waals surface area (Å²) in [5, 5.41) is 1.07. The second-order valence-electron chi connectivity index (χ2n) is 5.29. The molecule has 0 aliphatic heterocycles. The maximum atomic E-state index is 11.7. The summed E-state index contributed by atoms with van der Waals surface area (Å²) in [6.07, 6.45) is 11.8. The van der Waals surface area contributed by atoms with Gasteiger partial charge in [-0.15, -0.1) is 0 Å². The van der Waals surface area contributed by atoms with Crippen molar-refractivity contribution in [2.75, 3.05) is 7.05 Å². The Hall–Kier alpha value is -0.0600. The van der Waals surface area contributed by atoms with Gasteiger partial charge < -0.3 is 4.84 Å². The standard InChI is InChI=1S/C16H31NO3.Na.H/c1-4-6-7-8-9-10-11-12-13-14-15(18)17(3)20-16(19)5-2;;/h4-14H2,1-3H3;;. The summed E-state index contributed by atoms with van der Waals surface area (Å²) in [4.78, 5) is 27.5. The van der Waals surface area contributed by atoms with Crippen LogP contribution in [-0.2, 0) is 14.4 Å². The molecule has 120 valence electrons. The molecule has 0 aromatic heterocycles. The minimum absolute atomic E-state index is 0.